The molecule has 10 heteroatoms. The van der Waals surface area contributed by atoms with E-state index >= 15 is 8.78 Å². The molecule has 1 aromatic carbocycles. The number of aliphatic hydroxyl groups excluding tert-OH is 1. The van der Waals surface area contributed by atoms with Gasteiger partial charge in [-0.15, -0.1) is 0 Å². The number of halogens is 3. The monoisotopic (exact) mass is 576 g/mol. The highest BCUT2D eigenvalue weighted by molar-refractivity contribution is 8.13. The van der Waals surface area contributed by atoms with Crippen LogP contribution in [0.15, 0.2) is 48.1 Å². The van der Waals surface area contributed by atoms with Crippen molar-refractivity contribution in [1.82, 2.24) is 0 Å². The fourth-order valence-electron chi connectivity index (χ4n) is 8.16. The highest BCUT2D eigenvalue weighted by atomic mass is 35.5. The lowest BCUT2D eigenvalue weighted by molar-refractivity contribution is -0.201. The molecule has 0 aliphatic heterocycles. The number of alkyl halides is 2. The standard InChI is InChI=1S/C29H31ClF2N2O4S/c1-27-14-24(36)29(32)21(13-23(31)22-12-19(35)7-8-28(22,29)2)20(27)11-16(25(27)26(37)39-10-9-33)15-34(38)18-5-3-17(30)4-6-18/h3-8,12,16,20-21,23-25,36,38H,10-11,13-15H2,1-2H3/t16-,20?,21-,23-,24-,25+,27-,28-,29-/m0/s1. The molecule has 4 aliphatic carbocycles. The summed E-state index contributed by atoms with van der Waals surface area (Å²) < 4.78 is 33.1. The lowest BCUT2D eigenvalue weighted by Crippen LogP contribution is -2.68. The summed E-state index contributed by atoms with van der Waals surface area (Å²) in [4.78, 5) is 25.6. The number of hydrogen-bond donors (Lipinski definition) is 2. The second-order valence-corrected chi connectivity index (χ2v) is 13.2. The number of aliphatic hydroxyl groups is 1. The molecule has 0 spiro atoms. The van der Waals surface area contributed by atoms with E-state index in [1.165, 1.54) is 12.2 Å². The van der Waals surface area contributed by atoms with E-state index in [0.717, 1.165) is 22.9 Å². The first-order chi connectivity index (χ1) is 18.4. The number of allylic oxidation sites excluding steroid dienone is 4. The quantitative estimate of drug-likeness (QED) is 0.448. The van der Waals surface area contributed by atoms with Crippen molar-refractivity contribution in [2.75, 3.05) is 17.4 Å². The Morgan fingerprint density at radius 2 is 1.95 bits per heavy atom. The summed E-state index contributed by atoms with van der Waals surface area (Å²) in [5, 5.41) is 32.8. The number of thioether (sulfide) groups is 1. The molecule has 4 aliphatic rings. The molecule has 0 saturated heterocycles. The third-order valence-corrected chi connectivity index (χ3v) is 10.9. The molecule has 0 bridgehead atoms. The Morgan fingerprint density at radius 3 is 2.62 bits per heavy atom. The van der Waals surface area contributed by atoms with Gasteiger partial charge in [0.2, 0.25) is 0 Å². The van der Waals surface area contributed by atoms with Crippen LogP contribution < -0.4 is 5.06 Å². The highest BCUT2D eigenvalue weighted by Crippen LogP contribution is 2.70. The number of nitriles is 1. The number of rotatable bonds is 5. The minimum atomic E-state index is -2.25. The second-order valence-electron chi connectivity index (χ2n) is 11.7. The van der Waals surface area contributed by atoms with E-state index in [4.69, 9.17) is 16.9 Å². The molecule has 1 unspecified atom stereocenters. The number of benzene rings is 1. The Kier molecular flexibility index (Phi) is 7.24. The average Bonchev–Trinajstić information content (AvgIpc) is 3.17. The van der Waals surface area contributed by atoms with Crippen molar-refractivity contribution >= 4 is 39.9 Å². The van der Waals surface area contributed by atoms with Crippen molar-refractivity contribution in [1.29, 1.82) is 5.26 Å². The first-order valence-electron chi connectivity index (χ1n) is 13.1. The van der Waals surface area contributed by atoms with Crippen LogP contribution in [0.2, 0.25) is 5.02 Å². The molecule has 9 atom stereocenters. The minimum Gasteiger partial charge on any atom is -0.390 e. The fraction of sp³-hybridized carbons (Fsp3) is 0.552. The van der Waals surface area contributed by atoms with Gasteiger partial charge in [-0.2, -0.15) is 5.26 Å². The number of nitrogens with zero attached hydrogens (tertiary/aromatic N) is 2. The van der Waals surface area contributed by atoms with Crippen LogP contribution >= 0.6 is 23.4 Å². The summed E-state index contributed by atoms with van der Waals surface area (Å²) in [6, 6.07) is 8.52. The van der Waals surface area contributed by atoms with Crippen molar-refractivity contribution in [3.63, 3.8) is 0 Å². The molecular weight excluding hydrogens is 546 g/mol. The van der Waals surface area contributed by atoms with Gasteiger partial charge < -0.3 is 5.11 Å². The van der Waals surface area contributed by atoms with Crippen LogP contribution in [0.4, 0.5) is 14.5 Å². The number of ketones is 1. The largest absolute Gasteiger partial charge is 0.390 e. The maximum absolute atomic E-state index is 17.4. The van der Waals surface area contributed by atoms with Crippen LogP contribution in [-0.4, -0.2) is 51.5 Å². The van der Waals surface area contributed by atoms with Gasteiger partial charge in [-0.05, 0) is 85.4 Å². The number of carbonyl (C=O) groups excluding carboxylic acids is 2. The minimum absolute atomic E-state index is 0.0430. The Labute approximate surface area is 235 Å². The smallest absolute Gasteiger partial charge is 0.193 e. The first kappa shape index (κ1) is 28.3. The van der Waals surface area contributed by atoms with Gasteiger partial charge in [-0.3, -0.25) is 19.9 Å². The van der Waals surface area contributed by atoms with Gasteiger partial charge >= 0.3 is 0 Å². The van der Waals surface area contributed by atoms with Gasteiger partial charge in [0.25, 0.3) is 0 Å². The zero-order valence-corrected chi connectivity index (χ0v) is 23.3. The van der Waals surface area contributed by atoms with Gasteiger partial charge in [-0.1, -0.05) is 36.4 Å². The van der Waals surface area contributed by atoms with E-state index in [0.29, 0.717) is 17.1 Å². The van der Waals surface area contributed by atoms with E-state index in [-0.39, 0.29) is 35.8 Å². The van der Waals surface area contributed by atoms with E-state index in [1.807, 2.05) is 13.0 Å². The van der Waals surface area contributed by atoms with Crippen molar-refractivity contribution in [3.05, 3.63) is 53.1 Å². The molecular formula is C29H31ClF2N2O4S. The van der Waals surface area contributed by atoms with E-state index < -0.39 is 58.2 Å². The maximum atomic E-state index is 17.4. The molecule has 0 heterocycles. The average molecular weight is 577 g/mol. The van der Waals surface area contributed by atoms with Gasteiger partial charge in [0.05, 0.1) is 23.6 Å². The molecule has 0 aromatic heterocycles. The van der Waals surface area contributed by atoms with Crippen LogP contribution in [0.3, 0.4) is 0 Å². The Morgan fingerprint density at radius 1 is 1.26 bits per heavy atom. The molecule has 3 fully saturated rings. The van der Waals surface area contributed by atoms with E-state index in [2.05, 4.69) is 0 Å². The summed E-state index contributed by atoms with van der Waals surface area (Å²) in [6.45, 7) is 3.44. The number of fused-ring (bicyclic) bond motifs is 5. The van der Waals surface area contributed by atoms with E-state index in [9.17, 15) is 19.9 Å². The predicted octanol–water partition coefficient (Wildman–Crippen LogP) is 5.48. The normalized spacial score (nSPS) is 40.7. The number of anilines is 1. The molecule has 208 valence electrons. The van der Waals surface area contributed by atoms with Crippen LogP contribution in [0.5, 0.6) is 0 Å². The topological polar surface area (TPSA) is 102 Å². The number of hydroxylamine groups is 1. The Balaban J connectivity index is 1.54. The van der Waals surface area contributed by atoms with Crippen molar-refractivity contribution in [2.45, 2.75) is 51.1 Å². The number of carbonyl (C=O) groups is 2. The molecule has 6 nitrogen and oxygen atoms in total. The zero-order chi connectivity index (χ0) is 28.3. The molecule has 5 rings (SSSR count). The molecule has 1 aromatic rings. The third-order valence-electron chi connectivity index (χ3n) is 9.87. The lowest BCUT2D eigenvalue weighted by atomic mass is 9.45. The molecule has 3 saturated carbocycles. The lowest BCUT2D eigenvalue weighted by Gasteiger charge is -2.62. The number of hydrogen-bond acceptors (Lipinski definition) is 7. The van der Waals surface area contributed by atoms with E-state index in [1.54, 1.807) is 31.2 Å². The second kappa shape index (κ2) is 9.99. The Bertz CT molecular complexity index is 1280. The molecule has 0 radical (unpaired) electrons. The van der Waals surface area contributed by atoms with Gasteiger partial charge in [0.15, 0.2) is 16.6 Å². The van der Waals surface area contributed by atoms with Crippen LogP contribution in [-0.2, 0) is 9.59 Å². The summed E-state index contributed by atoms with van der Waals surface area (Å²) in [5.41, 5.74) is -4.14. The molecule has 0 amide bonds. The third kappa shape index (κ3) is 4.26. The van der Waals surface area contributed by atoms with Crippen molar-refractivity contribution in [3.8, 4) is 6.07 Å². The maximum Gasteiger partial charge on any atom is 0.193 e. The van der Waals surface area contributed by atoms with Gasteiger partial charge in [0.1, 0.15) is 6.17 Å². The zero-order valence-electron chi connectivity index (χ0n) is 21.7. The van der Waals surface area contributed by atoms with Crippen LogP contribution in [0.1, 0.15) is 33.1 Å². The van der Waals surface area contributed by atoms with Gasteiger partial charge in [-0.25, -0.2) is 8.78 Å². The summed E-state index contributed by atoms with van der Waals surface area (Å²) in [6.07, 6.45) is 0.769. The van der Waals surface area contributed by atoms with Crippen LogP contribution in [0, 0.1) is 45.8 Å². The predicted molar refractivity (Wildman–Crippen MR) is 145 cm³/mol. The SMILES string of the molecule is C[C@]12C[C@H](O)[C@@]3(F)[C@@H](C[C@H](F)C4=CC(=O)C=C[C@@]43C)C1C[C@@H](CN(O)c1ccc(Cl)cc1)[C@@H]2C(=O)SCC#N. The summed E-state index contributed by atoms with van der Waals surface area (Å²) >= 11 is 6.86. The summed E-state index contributed by atoms with van der Waals surface area (Å²) in [7, 11) is 0. The van der Waals surface area contributed by atoms with Gasteiger partial charge in [0, 0.05) is 28.8 Å². The Hall–Kier alpha value is -2.25. The fourth-order valence-corrected chi connectivity index (χ4v) is 9.14. The highest BCUT2D eigenvalue weighted by Gasteiger charge is 2.73. The summed E-state index contributed by atoms with van der Waals surface area (Å²) in [5.74, 6) is -3.01. The van der Waals surface area contributed by atoms with Crippen molar-refractivity contribution in [2.24, 2.45) is 34.5 Å². The van der Waals surface area contributed by atoms with Crippen LogP contribution in [0.25, 0.3) is 0 Å². The molecule has 39 heavy (non-hydrogen) atoms. The molecule has 2 N–H and O–H groups in total. The first-order valence-corrected chi connectivity index (χ1v) is 14.4. The van der Waals surface area contributed by atoms with Crippen molar-refractivity contribution < 1.29 is 28.7 Å².